The number of rotatable bonds is 3. The lowest BCUT2D eigenvalue weighted by Gasteiger charge is -2.23. The van der Waals surface area contributed by atoms with Crippen LogP contribution in [-0.2, 0) is 6.18 Å². The quantitative estimate of drug-likeness (QED) is 0.924. The van der Waals surface area contributed by atoms with Gasteiger partial charge < -0.3 is 15.1 Å². The number of nitrogens with one attached hydrogen (secondary N) is 1. The topological polar surface area (TPSA) is 44.3 Å². The van der Waals surface area contributed by atoms with Crippen molar-refractivity contribution >= 4 is 11.8 Å². The van der Waals surface area contributed by atoms with Crippen LogP contribution in [0.1, 0.15) is 12.6 Å². The monoisotopic (exact) mass is 303 g/mol. The maximum absolute atomic E-state index is 12.9. The minimum Gasteiger partial charge on any atom is -0.357 e. The molecule has 1 fully saturated rings. The zero-order valence-corrected chi connectivity index (χ0v) is 12.6. The second-order valence-corrected chi connectivity index (χ2v) is 5.60. The predicted molar refractivity (Wildman–Crippen MR) is 75.4 cm³/mol. The number of hydrogen-bond donors (Lipinski definition) is 1. The number of likely N-dealkylation sites (N-methyl/N-ethyl adjacent to an activating group) is 1. The number of aromatic nitrogens is 2. The average Bonchev–Trinajstić information content (AvgIpc) is 2.79. The number of alkyl halides is 3. The second-order valence-electron chi connectivity index (χ2n) is 5.60. The minimum atomic E-state index is -4.48. The van der Waals surface area contributed by atoms with Gasteiger partial charge in [0.15, 0.2) is 5.69 Å². The molecule has 21 heavy (non-hydrogen) atoms. The Balaban J connectivity index is 2.32. The molecule has 0 aliphatic carbocycles. The molecule has 1 aromatic rings. The third-order valence-electron chi connectivity index (χ3n) is 3.79. The van der Waals surface area contributed by atoms with E-state index >= 15 is 0 Å². The second kappa shape index (κ2) is 5.67. The van der Waals surface area contributed by atoms with Crippen molar-refractivity contribution in [1.82, 2.24) is 14.9 Å². The molecule has 5 nitrogen and oxygen atoms in total. The first-order chi connectivity index (χ1) is 9.72. The minimum absolute atomic E-state index is 0.0132. The molecule has 2 heterocycles. The Bertz CT molecular complexity index is 503. The van der Waals surface area contributed by atoms with Crippen molar-refractivity contribution in [3.05, 3.63) is 11.8 Å². The fraction of sp³-hybridized carbons (Fsp3) is 0.692. The largest absolute Gasteiger partial charge is 0.433 e. The molecule has 1 N–H and O–H groups in total. The third-order valence-corrected chi connectivity index (χ3v) is 3.79. The highest BCUT2D eigenvalue weighted by Crippen LogP contribution is 2.32. The van der Waals surface area contributed by atoms with Crippen LogP contribution in [0, 0.1) is 5.92 Å². The van der Waals surface area contributed by atoms with Crippen molar-refractivity contribution in [2.24, 2.45) is 5.92 Å². The van der Waals surface area contributed by atoms with Gasteiger partial charge in [-0.2, -0.15) is 18.2 Å². The van der Waals surface area contributed by atoms with E-state index in [2.05, 4.69) is 27.1 Å². The molecule has 0 bridgehead atoms. The van der Waals surface area contributed by atoms with Gasteiger partial charge in [-0.25, -0.2) is 4.98 Å². The lowest BCUT2D eigenvalue weighted by molar-refractivity contribution is -0.141. The molecule has 1 aliphatic rings. The first-order valence-corrected chi connectivity index (χ1v) is 6.77. The van der Waals surface area contributed by atoms with Crippen molar-refractivity contribution in [2.75, 3.05) is 44.4 Å². The summed E-state index contributed by atoms with van der Waals surface area (Å²) in [7, 11) is 5.46. The van der Waals surface area contributed by atoms with Gasteiger partial charge in [0.25, 0.3) is 0 Å². The Labute approximate surface area is 122 Å². The molecule has 2 unspecified atom stereocenters. The maximum atomic E-state index is 12.9. The number of nitrogens with zero attached hydrogens (tertiary/aromatic N) is 4. The Kier molecular flexibility index (Phi) is 4.27. The third kappa shape index (κ3) is 3.37. The van der Waals surface area contributed by atoms with Crippen molar-refractivity contribution in [3.63, 3.8) is 0 Å². The van der Waals surface area contributed by atoms with Gasteiger partial charge in [-0.05, 0) is 20.0 Å². The van der Waals surface area contributed by atoms with Crippen molar-refractivity contribution in [3.8, 4) is 0 Å². The first kappa shape index (κ1) is 15.8. The van der Waals surface area contributed by atoms with Gasteiger partial charge in [-0.15, -0.1) is 0 Å². The van der Waals surface area contributed by atoms with Crippen LogP contribution in [0.15, 0.2) is 6.07 Å². The molecule has 8 heteroatoms. The van der Waals surface area contributed by atoms with Gasteiger partial charge in [-0.1, -0.05) is 6.92 Å². The van der Waals surface area contributed by atoms with E-state index in [9.17, 15) is 13.2 Å². The molecule has 1 saturated heterocycles. The van der Waals surface area contributed by atoms with Crippen LogP contribution in [-0.4, -0.2) is 55.1 Å². The molecule has 0 spiro atoms. The summed E-state index contributed by atoms with van der Waals surface area (Å²) in [6.07, 6.45) is -4.48. The summed E-state index contributed by atoms with van der Waals surface area (Å²) in [5, 5.41) is 2.59. The van der Waals surface area contributed by atoms with Gasteiger partial charge in [-0.3, -0.25) is 0 Å². The zero-order chi connectivity index (χ0) is 15.8. The summed E-state index contributed by atoms with van der Waals surface area (Å²) < 4.78 is 38.7. The summed E-state index contributed by atoms with van der Waals surface area (Å²) in [6, 6.07) is 1.32. The first-order valence-electron chi connectivity index (χ1n) is 6.77. The van der Waals surface area contributed by atoms with Crippen molar-refractivity contribution < 1.29 is 13.2 Å². The average molecular weight is 303 g/mol. The molecule has 2 rings (SSSR count). The maximum Gasteiger partial charge on any atom is 0.433 e. The van der Waals surface area contributed by atoms with E-state index in [0.29, 0.717) is 30.9 Å². The standard InChI is InChI=1S/C13H20F3N5/c1-8-6-21(7-9(8)20(3)4)11-5-10(13(14,15)16)18-12(17-2)19-11/h5,8-9H,6-7H2,1-4H3,(H,17,18,19). The molecule has 1 aromatic heterocycles. The van der Waals surface area contributed by atoms with E-state index in [4.69, 9.17) is 0 Å². The fourth-order valence-corrected chi connectivity index (χ4v) is 2.66. The van der Waals surface area contributed by atoms with E-state index < -0.39 is 11.9 Å². The molecule has 1 aliphatic heterocycles. The van der Waals surface area contributed by atoms with Gasteiger partial charge in [0.1, 0.15) is 5.82 Å². The van der Waals surface area contributed by atoms with E-state index in [-0.39, 0.29) is 5.95 Å². The van der Waals surface area contributed by atoms with Gasteiger partial charge in [0, 0.05) is 32.2 Å². The van der Waals surface area contributed by atoms with Crippen LogP contribution >= 0.6 is 0 Å². The Morgan fingerprint density at radius 2 is 1.95 bits per heavy atom. The summed E-state index contributed by atoms with van der Waals surface area (Å²) in [5.41, 5.74) is -0.919. The van der Waals surface area contributed by atoms with Crippen LogP contribution in [0.3, 0.4) is 0 Å². The summed E-state index contributed by atoms with van der Waals surface area (Å²) >= 11 is 0. The molecular weight excluding hydrogens is 283 g/mol. The van der Waals surface area contributed by atoms with Crippen LogP contribution in [0.25, 0.3) is 0 Å². The van der Waals surface area contributed by atoms with Crippen LogP contribution < -0.4 is 10.2 Å². The normalized spacial score (nSPS) is 23.0. The summed E-state index contributed by atoms with van der Waals surface area (Å²) in [6.45, 7) is 3.43. The van der Waals surface area contributed by atoms with Crippen LogP contribution in [0.5, 0.6) is 0 Å². The van der Waals surface area contributed by atoms with Crippen LogP contribution in [0.2, 0.25) is 0 Å². The lowest BCUT2D eigenvalue weighted by Crippen LogP contribution is -2.34. The summed E-state index contributed by atoms with van der Waals surface area (Å²) in [4.78, 5) is 11.6. The van der Waals surface area contributed by atoms with E-state index in [1.807, 2.05) is 19.0 Å². The molecule has 2 atom stereocenters. The van der Waals surface area contributed by atoms with Gasteiger partial charge in [0.05, 0.1) is 0 Å². The van der Waals surface area contributed by atoms with Crippen LogP contribution in [0.4, 0.5) is 24.9 Å². The van der Waals surface area contributed by atoms with E-state index in [1.54, 1.807) is 0 Å². The SMILES string of the molecule is CNc1nc(N2CC(C)C(N(C)C)C2)cc(C(F)(F)F)n1. The molecule has 0 radical (unpaired) electrons. The highest BCUT2D eigenvalue weighted by molar-refractivity contribution is 5.46. The molecule has 118 valence electrons. The van der Waals surface area contributed by atoms with Crippen molar-refractivity contribution in [1.29, 1.82) is 0 Å². The Hall–Kier alpha value is -1.57. The molecule has 0 aromatic carbocycles. The predicted octanol–water partition coefficient (Wildman–Crippen LogP) is 1.92. The Morgan fingerprint density at radius 1 is 1.29 bits per heavy atom. The molecule has 0 saturated carbocycles. The van der Waals surface area contributed by atoms with Gasteiger partial charge >= 0.3 is 6.18 Å². The number of hydrogen-bond acceptors (Lipinski definition) is 5. The zero-order valence-electron chi connectivity index (χ0n) is 12.6. The highest BCUT2D eigenvalue weighted by Gasteiger charge is 2.36. The van der Waals surface area contributed by atoms with Crippen molar-refractivity contribution in [2.45, 2.75) is 19.1 Å². The van der Waals surface area contributed by atoms with Gasteiger partial charge in [0.2, 0.25) is 5.95 Å². The van der Waals surface area contributed by atoms with E-state index in [1.165, 1.54) is 7.05 Å². The summed E-state index contributed by atoms with van der Waals surface area (Å²) in [5.74, 6) is 0.668. The smallest absolute Gasteiger partial charge is 0.357 e. The van der Waals surface area contributed by atoms with E-state index in [0.717, 1.165) is 6.07 Å². The lowest BCUT2D eigenvalue weighted by atomic mass is 10.1. The number of halogens is 3. The number of anilines is 2. The Morgan fingerprint density at radius 3 is 2.43 bits per heavy atom. The molecular formula is C13H20F3N5. The highest BCUT2D eigenvalue weighted by atomic mass is 19.4. The molecule has 0 amide bonds. The fourth-order valence-electron chi connectivity index (χ4n) is 2.66.